The highest BCUT2D eigenvalue weighted by atomic mass is 31.1. The molecule has 0 aromatic carbocycles. The number of likely N-dealkylation sites (N-methyl/N-ethyl adjacent to an activating group) is 1. The van der Waals surface area contributed by atoms with E-state index in [9.17, 15) is 19.2 Å². The Balaban J connectivity index is 2.17. The SMILES string of the molecule is CC[C@@H]1OC(=O)[C@@](C)(F)C(=O)[C@H](C)C[C@](COC2O[C@H](C)C[C@H](N(C)C)[C@H]2O[Si](CC)(CC)CC)(OC)C[C@@H](C)C(=O)[C@H](C)[C@H]2[C@H](/C(N)=N/OCPN)C(=O)O[C@]21C. The number of ketones is 2. The first-order chi connectivity index (χ1) is 27.1. The second-order valence-corrected chi connectivity index (χ2v) is 22.7. The van der Waals surface area contributed by atoms with Crippen molar-refractivity contribution in [2.75, 3.05) is 34.2 Å². The van der Waals surface area contributed by atoms with Gasteiger partial charge in [-0.3, -0.25) is 14.4 Å². The molecule has 0 spiro atoms. The number of fused-ring (bicyclic) bond motifs is 1. The molecule has 0 aromatic rings. The summed E-state index contributed by atoms with van der Waals surface area (Å²) in [6.45, 7) is 17.3. The molecule has 334 valence electrons. The summed E-state index contributed by atoms with van der Waals surface area (Å²) < 4.78 is 54.9. The molecule has 3 aliphatic rings. The predicted molar refractivity (Wildman–Crippen MR) is 222 cm³/mol. The van der Waals surface area contributed by atoms with Gasteiger partial charge in [-0.25, -0.2) is 9.18 Å². The molecule has 0 radical (unpaired) electrons. The van der Waals surface area contributed by atoms with Crippen molar-refractivity contribution in [3.63, 3.8) is 0 Å². The lowest BCUT2D eigenvalue weighted by atomic mass is 9.67. The molecule has 0 amide bonds. The Bertz CT molecular complexity index is 1460. The van der Waals surface area contributed by atoms with Crippen molar-refractivity contribution < 1.29 is 56.5 Å². The molecule has 3 aliphatic heterocycles. The van der Waals surface area contributed by atoms with Crippen molar-refractivity contribution >= 4 is 46.4 Å². The summed E-state index contributed by atoms with van der Waals surface area (Å²) in [6.07, 6.45) is -1.97. The molecule has 3 saturated heterocycles. The van der Waals surface area contributed by atoms with E-state index >= 15 is 4.39 Å². The third-order valence-electron chi connectivity index (χ3n) is 13.1. The van der Waals surface area contributed by atoms with Gasteiger partial charge in [0.1, 0.15) is 30.3 Å². The summed E-state index contributed by atoms with van der Waals surface area (Å²) in [5.74, 6) is -8.94. The van der Waals surface area contributed by atoms with Gasteiger partial charge in [-0.2, -0.15) is 0 Å². The van der Waals surface area contributed by atoms with Crippen LogP contribution in [0.3, 0.4) is 0 Å². The van der Waals surface area contributed by atoms with Crippen molar-refractivity contribution in [3.05, 3.63) is 0 Å². The Labute approximate surface area is 347 Å². The van der Waals surface area contributed by atoms with Crippen LogP contribution in [0.2, 0.25) is 18.1 Å². The maximum Gasteiger partial charge on any atom is 0.351 e. The fourth-order valence-electron chi connectivity index (χ4n) is 9.48. The summed E-state index contributed by atoms with van der Waals surface area (Å²) in [4.78, 5) is 63.6. The van der Waals surface area contributed by atoms with Gasteiger partial charge in [-0.1, -0.05) is 53.6 Å². The van der Waals surface area contributed by atoms with Crippen molar-refractivity contribution in [1.82, 2.24) is 4.90 Å². The Morgan fingerprint density at radius 1 is 1.02 bits per heavy atom. The van der Waals surface area contributed by atoms with Crippen LogP contribution in [0.4, 0.5) is 4.39 Å². The molecule has 0 bridgehead atoms. The van der Waals surface area contributed by atoms with Crippen LogP contribution in [-0.4, -0.2) is 124 Å². The predicted octanol–water partition coefficient (Wildman–Crippen LogP) is 5.08. The largest absolute Gasteiger partial charge is 0.455 e. The van der Waals surface area contributed by atoms with E-state index in [2.05, 4.69) is 30.8 Å². The van der Waals surface area contributed by atoms with Gasteiger partial charge < -0.3 is 49.1 Å². The van der Waals surface area contributed by atoms with Gasteiger partial charge in [0.25, 0.3) is 5.67 Å². The molecule has 18 heteroatoms. The topological polar surface area (TPSA) is 201 Å². The fourth-order valence-corrected chi connectivity index (χ4v) is 12.5. The molecule has 14 atom stereocenters. The van der Waals surface area contributed by atoms with E-state index in [4.69, 9.17) is 44.2 Å². The zero-order chi connectivity index (χ0) is 44.0. The van der Waals surface area contributed by atoms with Crippen molar-refractivity contribution in [2.45, 2.75) is 161 Å². The van der Waals surface area contributed by atoms with E-state index in [0.717, 1.165) is 31.5 Å². The van der Waals surface area contributed by atoms with Crippen LogP contribution in [0, 0.1) is 29.6 Å². The Morgan fingerprint density at radius 3 is 2.16 bits per heavy atom. The molecule has 15 nitrogen and oxygen atoms in total. The number of esters is 2. The Morgan fingerprint density at radius 2 is 1.62 bits per heavy atom. The number of alkyl halides is 1. The minimum absolute atomic E-state index is 0.0319. The van der Waals surface area contributed by atoms with Gasteiger partial charge in [-0.05, 0) is 87.4 Å². The normalized spacial score (nSPS) is 38.8. The molecule has 0 aliphatic carbocycles. The minimum atomic E-state index is -3.09. The second-order valence-electron chi connectivity index (χ2n) is 17.3. The highest BCUT2D eigenvalue weighted by molar-refractivity contribution is 7.34. The van der Waals surface area contributed by atoms with Gasteiger partial charge in [0.15, 0.2) is 31.8 Å². The molecular formula is C40H72FN4O11PSi. The summed E-state index contributed by atoms with van der Waals surface area (Å²) in [5, 5.41) is 3.92. The number of amidine groups is 1. The summed E-state index contributed by atoms with van der Waals surface area (Å²) in [7, 11) is 3.18. The monoisotopic (exact) mass is 862 g/mol. The van der Waals surface area contributed by atoms with E-state index in [-0.39, 0.29) is 64.7 Å². The first kappa shape index (κ1) is 50.2. The van der Waals surface area contributed by atoms with Crippen LogP contribution in [0.1, 0.15) is 94.9 Å². The molecule has 2 unspecified atom stereocenters. The Hall–Kier alpha value is -2.11. The minimum Gasteiger partial charge on any atom is -0.455 e. The molecule has 3 fully saturated rings. The molecule has 58 heavy (non-hydrogen) atoms. The number of rotatable bonds is 15. The zero-order valence-corrected chi connectivity index (χ0v) is 39.1. The van der Waals surface area contributed by atoms with Gasteiger partial charge in [0, 0.05) is 36.8 Å². The number of Topliss-reactive ketones (excluding diaryl/α,β-unsaturated/α-hetero) is 2. The summed E-state index contributed by atoms with van der Waals surface area (Å²) in [6, 6.07) is 2.71. The number of hydrogen-bond donors (Lipinski definition) is 2. The Kier molecular flexibility index (Phi) is 17.9. The molecule has 0 aromatic heterocycles. The molecular weight excluding hydrogens is 791 g/mol. The standard InChI is InChI=1S/C40H72FN4O11PSi/c1-14-28-39(10)30(29(35(48)55-39)34(42)44-52-22-57-43)26(8)31(46)23(5)19-40(50-13,20-24(6)33(47)38(9,41)37(49)54-28)21-51-36-32(56-58(15-2,16-3)17-4)27(45(11)12)18-25(7)53-36/h23-30,32,36,57H,14-22,43H2,1-13H3,(H2,42,44)/t23-,24-,25-,26-,27+,28+,29-,30+,32-,36?,38+,39+,40-/m1/s1. The van der Waals surface area contributed by atoms with Gasteiger partial charge in [-0.15, -0.1) is 0 Å². The third-order valence-corrected chi connectivity index (χ3v) is 18.1. The lowest BCUT2D eigenvalue weighted by Gasteiger charge is -2.48. The van der Waals surface area contributed by atoms with E-state index in [1.165, 1.54) is 21.0 Å². The third kappa shape index (κ3) is 10.7. The number of oxime groups is 1. The fraction of sp³-hybridized carbons (Fsp3) is 0.875. The van der Waals surface area contributed by atoms with E-state index < -0.39 is 91.0 Å². The van der Waals surface area contributed by atoms with Crippen molar-refractivity contribution in [3.8, 4) is 0 Å². The van der Waals surface area contributed by atoms with Crippen LogP contribution >= 0.6 is 8.73 Å². The number of nitrogens with two attached hydrogens (primary N) is 2. The second kappa shape index (κ2) is 20.6. The first-order valence-electron chi connectivity index (χ1n) is 20.8. The van der Waals surface area contributed by atoms with Crippen molar-refractivity contribution in [2.24, 2.45) is 46.0 Å². The number of halogens is 1. The lowest BCUT2D eigenvalue weighted by Crippen LogP contribution is -2.60. The van der Waals surface area contributed by atoms with E-state index in [0.29, 0.717) is 0 Å². The summed E-state index contributed by atoms with van der Waals surface area (Å²) >= 11 is 0. The summed E-state index contributed by atoms with van der Waals surface area (Å²) in [5.41, 5.74) is 5.80. The van der Waals surface area contributed by atoms with Crippen LogP contribution in [0.15, 0.2) is 5.16 Å². The zero-order valence-electron chi connectivity index (χ0n) is 37.1. The number of cyclic esters (lactones) is 1. The maximum atomic E-state index is 16.7. The number of ether oxygens (including phenoxy) is 5. The number of carbonyl (C=O) groups excluding carboxylic acids is 4. The van der Waals surface area contributed by atoms with Crippen LogP contribution in [0.25, 0.3) is 0 Å². The maximum absolute atomic E-state index is 16.7. The van der Waals surface area contributed by atoms with Crippen LogP contribution in [0.5, 0.6) is 0 Å². The molecule has 4 N–H and O–H groups in total. The van der Waals surface area contributed by atoms with Gasteiger partial charge >= 0.3 is 11.9 Å². The number of hydrogen-bond acceptors (Lipinski definition) is 14. The average Bonchev–Trinajstić information content (AvgIpc) is 3.46. The van der Waals surface area contributed by atoms with Crippen LogP contribution in [-0.2, 0) is 52.1 Å². The lowest BCUT2D eigenvalue weighted by molar-refractivity contribution is -0.265. The van der Waals surface area contributed by atoms with Gasteiger partial charge in [0.05, 0.1) is 18.3 Å². The highest BCUT2D eigenvalue weighted by Gasteiger charge is 2.63. The average molecular weight is 863 g/mol. The smallest absolute Gasteiger partial charge is 0.351 e. The number of carbonyl (C=O) groups is 4. The molecule has 0 saturated carbocycles. The number of nitrogens with zero attached hydrogens (tertiary/aromatic N) is 2. The van der Waals surface area contributed by atoms with Gasteiger partial charge in [0.2, 0.25) is 0 Å². The van der Waals surface area contributed by atoms with E-state index in [1.807, 2.05) is 21.0 Å². The number of methoxy groups -OCH3 is 1. The van der Waals surface area contributed by atoms with Crippen LogP contribution < -0.4 is 11.2 Å². The van der Waals surface area contributed by atoms with Crippen molar-refractivity contribution in [1.29, 1.82) is 0 Å². The first-order valence-corrected chi connectivity index (χ1v) is 24.6. The highest BCUT2D eigenvalue weighted by Crippen LogP contribution is 2.48. The molecule has 3 rings (SSSR count). The van der Waals surface area contributed by atoms with E-state index in [1.54, 1.807) is 20.8 Å². The molecule has 3 heterocycles. The quantitative estimate of drug-likeness (QED) is 0.0323.